The Kier molecular flexibility index (Phi) is 5.95. The maximum absolute atomic E-state index is 12.1. The van der Waals surface area contributed by atoms with E-state index in [-0.39, 0.29) is 11.8 Å². The molecule has 0 spiro atoms. The van der Waals surface area contributed by atoms with Crippen LogP contribution in [0, 0.1) is 0 Å². The van der Waals surface area contributed by atoms with Gasteiger partial charge in [-0.1, -0.05) is 25.1 Å². The van der Waals surface area contributed by atoms with Crippen LogP contribution in [0.4, 0.5) is 5.69 Å². The molecule has 0 aromatic heterocycles. The fourth-order valence-corrected chi connectivity index (χ4v) is 2.71. The standard InChI is InChI=1S/C17H25N3O2/c1-3-15-6-4-5-7-16(15)18-17(22)8-9-19-10-12-20(13-11-19)14(2)21/h4-7H,3,8-13H2,1-2H3,(H,18,22). The van der Waals surface area contributed by atoms with Gasteiger partial charge in [-0.15, -0.1) is 0 Å². The first-order valence-corrected chi connectivity index (χ1v) is 7.95. The van der Waals surface area contributed by atoms with E-state index in [1.807, 2.05) is 29.2 Å². The molecule has 0 atom stereocenters. The molecule has 0 aliphatic carbocycles. The molecular formula is C17H25N3O2. The van der Waals surface area contributed by atoms with Crippen LogP contribution < -0.4 is 5.32 Å². The first-order chi connectivity index (χ1) is 10.6. The molecule has 5 nitrogen and oxygen atoms in total. The number of benzene rings is 1. The molecule has 120 valence electrons. The lowest BCUT2D eigenvalue weighted by Crippen LogP contribution is -2.48. The summed E-state index contributed by atoms with van der Waals surface area (Å²) in [5.41, 5.74) is 2.07. The molecular weight excluding hydrogens is 278 g/mol. The van der Waals surface area contributed by atoms with Crippen LogP contribution >= 0.6 is 0 Å². The molecule has 1 fully saturated rings. The van der Waals surface area contributed by atoms with Crippen LogP contribution in [0.1, 0.15) is 25.8 Å². The van der Waals surface area contributed by atoms with Gasteiger partial charge in [0.05, 0.1) is 0 Å². The second-order valence-electron chi connectivity index (χ2n) is 5.66. The van der Waals surface area contributed by atoms with Crippen LogP contribution in [0.5, 0.6) is 0 Å². The maximum atomic E-state index is 12.1. The summed E-state index contributed by atoms with van der Waals surface area (Å²) < 4.78 is 0. The average Bonchev–Trinajstić information content (AvgIpc) is 2.54. The fraction of sp³-hybridized carbons (Fsp3) is 0.529. The Bertz CT molecular complexity index is 522. The topological polar surface area (TPSA) is 52.7 Å². The number of nitrogens with zero attached hydrogens (tertiary/aromatic N) is 2. The zero-order chi connectivity index (χ0) is 15.9. The molecule has 1 aliphatic heterocycles. The van der Waals surface area contributed by atoms with E-state index in [1.165, 1.54) is 0 Å². The molecule has 1 aromatic rings. The highest BCUT2D eigenvalue weighted by Crippen LogP contribution is 2.15. The maximum Gasteiger partial charge on any atom is 0.225 e. The van der Waals surface area contributed by atoms with Crippen molar-refractivity contribution in [2.24, 2.45) is 0 Å². The predicted molar refractivity (Wildman–Crippen MR) is 87.8 cm³/mol. The summed E-state index contributed by atoms with van der Waals surface area (Å²) in [6.07, 6.45) is 1.39. The summed E-state index contributed by atoms with van der Waals surface area (Å²) in [7, 11) is 0. The molecule has 1 heterocycles. The van der Waals surface area contributed by atoms with Crippen molar-refractivity contribution in [3.8, 4) is 0 Å². The third-order valence-electron chi connectivity index (χ3n) is 4.15. The van der Waals surface area contributed by atoms with Crippen molar-refractivity contribution < 1.29 is 9.59 Å². The summed E-state index contributed by atoms with van der Waals surface area (Å²) in [5, 5.41) is 3.00. The van der Waals surface area contributed by atoms with E-state index in [4.69, 9.17) is 0 Å². The largest absolute Gasteiger partial charge is 0.340 e. The van der Waals surface area contributed by atoms with Crippen molar-refractivity contribution >= 4 is 17.5 Å². The van der Waals surface area contributed by atoms with Gasteiger partial charge in [-0.3, -0.25) is 14.5 Å². The Balaban J connectivity index is 1.75. The zero-order valence-corrected chi connectivity index (χ0v) is 13.5. The lowest BCUT2D eigenvalue weighted by atomic mass is 10.1. The number of para-hydroxylation sites is 1. The van der Waals surface area contributed by atoms with Crippen molar-refractivity contribution in [3.05, 3.63) is 29.8 Å². The van der Waals surface area contributed by atoms with Crippen molar-refractivity contribution in [1.82, 2.24) is 9.80 Å². The van der Waals surface area contributed by atoms with Crippen LogP contribution in [0.25, 0.3) is 0 Å². The number of carbonyl (C=O) groups is 2. The minimum Gasteiger partial charge on any atom is -0.340 e. The van der Waals surface area contributed by atoms with E-state index in [0.29, 0.717) is 6.42 Å². The Morgan fingerprint density at radius 1 is 1.14 bits per heavy atom. The predicted octanol–water partition coefficient (Wildman–Crippen LogP) is 1.74. The molecule has 2 rings (SSSR count). The summed E-state index contributed by atoms with van der Waals surface area (Å²) in [6, 6.07) is 7.91. The molecule has 1 aliphatic rings. The normalized spacial score (nSPS) is 15.6. The number of rotatable bonds is 5. The Labute approximate surface area is 132 Å². The highest BCUT2D eigenvalue weighted by molar-refractivity contribution is 5.91. The minimum atomic E-state index is 0.0508. The third kappa shape index (κ3) is 4.56. The van der Waals surface area contributed by atoms with E-state index >= 15 is 0 Å². The van der Waals surface area contributed by atoms with Gasteiger partial charge in [0.15, 0.2) is 0 Å². The lowest BCUT2D eigenvalue weighted by Gasteiger charge is -2.34. The quantitative estimate of drug-likeness (QED) is 0.901. The van der Waals surface area contributed by atoms with Crippen molar-refractivity contribution in [3.63, 3.8) is 0 Å². The number of hydrogen-bond acceptors (Lipinski definition) is 3. The van der Waals surface area contributed by atoms with Gasteiger partial charge >= 0.3 is 0 Å². The van der Waals surface area contributed by atoms with Crippen molar-refractivity contribution in [2.45, 2.75) is 26.7 Å². The number of hydrogen-bond donors (Lipinski definition) is 1. The summed E-state index contributed by atoms with van der Waals surface area (Å²) >= 11 is 0. The summed E-state index contributed by atoms with van der Waals surface area (Å²) in [4.78, 5) is 27.5. The lowest BCUT2D eigenvalue weighted by molar-refractivity contribution is -0.130. The molecule has 0 bridgehead atoms. The number of carbonyl (C=O) groups excluding carboxylic acids is 2. The summed E-state index contributed by atoms with van der Waals surface area (Å²) in [5.74, 6) is 0.184. The highest BCUT2D eigenvalue weighted by Gasteiger charge is 2.18. The number of anilines is 1. The van der Waals surface area contributed by atoms with Gasteiger partial charge in [-0.25, -0.2) is 0 Å². The minimum absolute atomic E-state index is 0.0508. The van der Waals surface area contributed by atoms with Gasteiger partial charge in [-0.05, 0) is 18.1 Å². The number of piperazine rings is 1. The SMILES string of the molecule is CCc1ccccc1NC(=O)CCN1CCN(C(C)=O)CC1. The van der Waals surface area contributed by atoms with Crippen molar-refractivity contribution in [2.75, 3.05) is 38.0 Å². The fourth-order valence-electron chi connectivity index (χ4n) is 2.71. The van der Waals surface area contributed by atoms with Crippen LogP contribution in [-0.4, -0.2) is 54.3 Å². The third-order valence-corrected chi connectivity index (χ3v) is 4.15. The van der Waals surface area contributed by atoms with E-state index < -0.39 is 0 Å². The van der Waals surface area contributed by atoms with E-state index in [0.717, 1.165) is 50.4 Å². The van der Waals surface area contributed by atoms with Gasteiger partial charge < -0.3 is 10.2 Å². The average molecular weight is 303 g/mol. The molecule has 22 heavy (non-hydrogen) atoms. The molecule has 0 radical (unpaired) electrons. The Morgan fingerprint density at radius 3 is 2.45 bits per heavy atom. The number of amides is 2. The highest BCUT2D eigenvalue weighted by atomic mass is 16.2. The van der Waals surface area contributed by atoms with Gasteiger partial charge in [-0.2, -0.15) is 0 Å². The second-order valence-corrected chi connectivity index (χ2v) is 5.66. The summed E-state index contributed by atoms with van der Waals surface area (Å²) in [6.45, 7) is 7.64. The van der Waals surface area contributed by atoms with Crippen LogP contribution in [0.3, 0.4) is 0 Å². The van der Waals surface area contributed by atoms with Crippen LogP contribution in [0.15, 0.2) is 24.3 Å². The molecule has 1 N–H and O–H groups in total. The van der Waals surface area contributed by atoms with Gasteiger partial charge in [0, 0.05) is 51.8 Å². The smallest absolute Gasteiger partial charge is 0.225 e. The van der Waals surface area contributed by atoms with E-state index in [9.17, 15) is 9.59 Å². The van der Waals surface area contributed by atoms with Gasteiger partial charge in [0.2, 0.25) is 11.8 Å². The first-order valence-electron chi connectivity index (χ1n) is 7.95. The number of nitrogens with one attached hydrogen (secondary N) is 1. The van der Waals surface area contributed by atoms with Crippen LogP contribution in [-0.2, 0) is 16.0 Å². The molecule has 1 aromatic carbocycles. The van der Waals surface area contributed by atoms with Gasteiger partial charge in [0.1, 0.15) is 0 Å². The molecule has 1 saturated heterocycles. The number of aryl methyl sites for hydroxylation is 1. The molecule has 2 amide bonds. The zero-order valence-electron chi connectivity index (χ0n) is 13.5. The van der Waals surface area contributed by atoms with E-state index in [1.54, 1.807) is 6.92 Å². The Hall–Kier alpha value is -1.88. The van der Waals surface area contributed by atoms with Gasteiger partial charge in [0.25, 0.3) is 0 Å². The second kappa shape index (κ2) is 7.94. The molecule has 0 unspecified atom stereocenters. The van der Waals surface area contributed by atoms with E-state index in [2.05, 4.69) is 17.1 Å². The first kappa shape index (κ1) is 16.5. The van der Waals surface area contributed by atoms with Crippen LogP contribution in [0.2, 0.25) is 0 Å². The molecule has 0 saturated carbocycles. The Morgan fingerprint density at radius 2 is 1.82 bits per heavy atom. The molecule has 5 heteroatoms. The monoisotopic (exact) mass is 303 g/mol. The van der Waals surface area contributed by atoms with Crippen molar-refractivity contribution in [1.29, 1.82) is 0 Å².